The van der Waals surface area contributed by atoms with Crippen molar-refractivity contribution >= 4 is 0 Å². The summed E-state index contributed by atoms with van der Waals surface area (Å²) >= 11 is 0. The summed E-state index contributed by atoms with van der Waals surface area (Å²) in [6.45, 7) is 4.67. The molecule has 1 N–H and O–H groups in total. The average molecular weight is 251 g/mol. The largest absolute Gasteiger partial charge is 0.394 e. The van der Waals surface area contributed by atoms with E-state index >= 15 is 0 Å². The number of morpholine rings is 1. The van der Waals surface area contributed by atoms with Crippen LogP contribution >= 0.6 is 0 Å². The van der Waals surface area contributed by atoms with Gasteiger partial charge in [-0.2, -0.15) is 0 Å². The second-order valence-electron chi connectivity index (χ2n) is 5.44. The van der Waals surface area contributed by atoms with E-state index in [0.717, 1.165) is 13.1 Å². The summed E-state index contributed by atoms with van der Waals surface area (Å²) in [6, 6.07) is 1.07. The lowest BCUT2D eigenvalue weighted by Gasteiger charge is -2.37. The number of hydrogen-bond acceptors (Lipinski definition) is 4. The molecule has 18 heavy (non-hydrogen) atoms. The maximum Gasteiger partial charge on any atom is 0.0951 e. The van der Waals surface area contributed by atoms with Gasteiger partial charge in [-0.3, -0.25) is 4.90 Å². The van der Waals surface area contributed by atoms with Crippen LogP contribution in [0.1, 0.15) is 31.5 Å². The van der Waals surface area contributed by atoms with E-state index in [1.807, 2.05) is 12.5 Å². The molecule has 1 aromatic heterocycles. The number of nitrogens with zero attached hydrogens (tertiary/aromatic N) is 3. The molecule has 1 aliphatic carbocycles. The Morgan fingerprint density at radius 3 is 3.06 bits per heavy atom. The maximum absolute atomic E-state index is 9.20. The topological polar surface area (TPSA) is 50.5 Å². The Morgan fingerprint density at radius 2 is 2.33 bits per heavy atom. The van der Waals surface area contributed by atoms with Gasteiger partial charge in [-0.15, -0.1) is 0 Å². The average Bonchev–Trinajstić information content (AvgIpc) is 3.13. The van der Waals surface area contributed by atoms with Gasteiger partial charge in [0.25, 0.3) is 0 Å². The van der Waals surface area contributed by atoms with Crippen molar-refractivity contribution in [3.63, 3.8) is 0 Å². The minimum absolute atomic E-state index is 0.0431. The normalized spacial score (nSPS) is 29.7. The van der Waals surface area contributed by atoms with Gasteiger partial charge in [0.1, 0.15) is 0 Å². The molecule has 5 nitrogen and oxygen atoms in total. The minimum atomic E-state index is -0.0431. The SMILES string of the molecule is CC1COC(CO)CN1Cc1cncn1C1CC1. The van der Waals surface area contributed by atoms with Crippen LogP contribution in [-0.2, 0) is 11.3 Å². The fraction of sp³-hybridized carbons (Fsp3) is 0.769. The zero-order valence-electron chi connectivity index (χ0n) is 10.8. The molecule has 0 aromatic carbocycles. The highest BCUT2D eigenvalue weighted by Crippen LogP contribution is 2.36. The van der Waals surface area contributed by atoms with Crippen molar-refractivity contribution in [1.29, 1.82) is 0 Å². The Balaban J connectivity index is 1.68. The van der Waals surface area contributed by atoms with Crippen molar-refractivity contribution in [3.8, 4) is 0 Å². The first kappa shape index (κ1) is 12.1. The molecule has 2 heterocycles. The Kier molecular flexibility index (Phi) is 3.37. The van der Waals surface area contributed by atoms with Crippen LogP contribution in [0.25, 0.3) is 0 Å². The van der Waals surface area contributed by atoms with Gasteiger partial charge in [0.2, 0.25) is 0 Å². The summed E-state index contributed by atoms with van der Waals surface area (Å²) in [7, 11) is 0. The fourth-order valence-corrected chi connectivity index (χ4v) is 2.55. The number of imidazole rings is 1. The molecule has 0 bridgehead atoms. The summed E-state index contributed by atoms with van der Waals surface area (Å²) in [5.41, 5.74) is 1.28. The fourth-order valence-electron chi connectivity index (χ4n) is 2.55. The van der Waals surface area contributed by atoms with Crippen LogP contribution in [0.4, 0.5) is 0 Å². The number of ether oxygens (including phenoxy) is 1. The number of rotatable bonds is 4. The van der Waals surface area contributed by atoms with Crippen LogP contribution in [0.2, 0.25) is 0 Å². The first-order chi connectivity index (χ1) is 8.78. The molecule has 2 unspecified atom stereocenters. The van der Waals surface area contributed by atoms with Gasteiger partial charge in [-0.25, -0.2) is 4.98 Å². The van der Waals surface area contributed by atoms with E-state index in [2.05, 4.69) is 21.4 Å². The third-order valence-electron chi connectivity index (χ3n) is 3.89. The van der Waals surface area contributed by atoms with Crippen molar-refractivity contribution in [2.45, 2.75) is 44.5 Å². The predicted octanol–water partition coefficient (Wildman–Crippen LogP) is 0.800. The van der Waals surface area contributed by atoms with Gasteiger partial charge in [0.05, 0.1) is 31.3 Å². The van der Waals surface area contributed by atoms with Gasteiger partial charge in [0, 0.05) is 31.4 Å². The standard InChI is InChI=1S/C13H21N3O2/c1-10-8-18-13(7-17)6-15(10)5-12-4-14-9-16(12)11-2-3-11/h4,9-11,13,17H,2-3,5-8H2,1H3. The van der Waals surface area contributed by atoms with Crippen molar-refractivity contribution in [2.24, 2.45) is 0 Å². The molecule has 1 aliphatic heterocycles. The molecule has 3 rings (SSSR count). The van der Waals surface area contributed by atoms with Crippen LogP contribution in [0.5, 0.6) is 0 Å². The number of aliphatic hydroxyl groups is 1. The van der Waals surface area contributed by atoms with E-state index in [-0.39, 0.29) is 12.7 Å². The molecular formula is C13H21N3O2. The molecule has 2 atom stereocenters. The van der Waals surface area contributed by atoms with Crippen LogP contribution in [0.3, 0.4) is 0 Å². The monoisotopic (exact) mass is 251 g/mol. The molecule has 1 saturated carbocycles. The molecule has 5 heteroatoms. The summed E-state index contributed by atoms with van der Waals surface area (Å²) in [6.07, 6.45) is 6.43. The van der Waals surface area contributed by atoms with Crippen molar-refractivity contribution in [1.82, 2.24) is 14.5 Å². The molecule has 2 aliphatic rings. The molecule has 0 amide bonds. The van der Waals surface area contributed by atoms with Crippen LogP contribution in [-0.4, -0.2) is 51.5 Å². The number of aliphatic hydroxyl groups excluding tert-OH is 1. The van der Waals surface area contributed by atoms with Gasteiger partial charge in [-0.05, 0) is 19.8 Å². The van der Waals surface area contributed by atoms with E-state index < -0.39 is 0 Å². The Morgan fingerprint density at radius 1 is 1.50 bits per heavy atom. The molecule has 100 valence electrons. The minimum Gasteiger partial charge on any atom is -0.394 e. The van der Waals surface area contributed by atoms with E-state index in [4.69, 9.17) is 4.74 Å². The van der Waals surface area contributed by atoms with Gasteiger partial charge in [0.15, 0.2) is 0 Å². The van der Waals surface area contributed by atoms with Crippen LogP contribution < -0.4 is 0 Å². The molecule has 2 fully saturated rings. The molecular weight excluding hydrogens is 230 g/mol. The maximum atomic E-state index is 9.20. The summed E-state index contributed by atoms with van der Waals surface area (Å²) in [5.74, 6) is 0. The lowest BCUT2D eigenvalue weighted by atomic mass is 10.2. The number of aromatic nitrogens is 2. The van der Waals surface area contributed by atoms with Crippen LogP contribution in [0, 0.1) is 0 Å². The highest BCUT2D eigenvalue weighted by atomic mass is 16.5. The highest BCUT2D eigenvalue weighted by Gasteiger charge is 2.29. The Bertz CT molecular complexity index is 403. The summed E-state index contributed by atoms with van der Waals surface area (Å²) in [4.78, 5) is 6.64. The van der Waals surface area contributed by atoms with Crippen molar-refractivity contribution in [2.75, 3.05) is 19.8 Å². The molecule has 0 spiro atoms. The smallest absolute Gasteiger partial charge is 0.0951 e. The van der Waals surface area contributed by atoms with Gasteiger partial charge < -0.3 is 14.4 Å². The first-order valence-corrected chi connectivity index (χ1v) is 6.75. The van der Waals surface area contributed by atoms with Crippen LogP contribution in [0.15, 0.2) is 12.5 Å². The predicted molar refractivity (Wildman–Crippen MR) is 67.2 cm³/mol. The lowest BCUT2D eigenvalue weighted by molar-refractivity contribution is -0.0811. The van der Waals surface area contributed by atoms with E-state index in [0.29, 0.717) is 18.7 Å². The second kappa shape index (κ2) is 4.99. The number of hydrogen-bond donors (Lipinski definition) is 1. The van der Waals surface area contributed by atoms with Crippen molar-refractivity contribution < 1.29 is 9.84 Å². The summed E-state index contributed by atoms with van der Waals surface area (Å²) in [5, 5.41) is 9.20. The third-order valence-corrected chi connectivity index (χ3v) is 3.89. The lowest BCUT2D eigenvalue weighted by Crippen LogP contribution is -2.49. The Labute approximate surface area is 107 Å². The molecule has 0 radical (unpaired) electrons. The van der Waals surface area contributed by atoms with Crippen molar-refractivity contribution in [3.05, 3.63) is 18.2 Å². The molecule has 1 aromatic rings. The first-order valence-electron chi connectivity index (χ1n) is 6.75. The molecule has 1 saturated heterocycles. The second-order valence-corrected chi connectivity index (χ2v) is 5.44. The quantitative estimate of drug-likeness (QED) is 0.860. The third kappa shape index (κ3) is 2.43. The van der Waals surface area contributed by atoms with Gasteiger partial charge >= 0.3 is 0 Å². The van der Waals surface area contributed by atoms with E-state index in [1.54, 1.807) is 0 Å². The summed E-state index contributed by atoms with van der Waals surface area (Å²) < 4.78 is 7.87. The zero-order chi connectivity index (χ0) is 12.5. The Hall–Kier alpha value is -0.910. The van der Waals surface area contributed by atoms with E-state index in [1.165, 1.54) is 18.5 Å². The van der Waals surface area contributed by atoms with E-state index in [9.17, 15) is 5.11 Å². The highest BCUT2D eigenvalue weighted by molar-refractivity contribution is 5.04. The zero-order valence-corrected chi connectivity index (χ0v) is 10.8. The van der Waals surface area contributed by atoms with Gasteiger partial charge in [-0.1, -0.05) is 0 Å².